The van der Waals surface area contributed by atoms with E-state index in [1.54, 1.807) is 0 Å². The van der Waals surface area contributed by atoms with E-state index >= 15 is 0 Å². The molecule has 2 fully saturated rings. The molecule has 0 aromatic rings. The summed E-state index contributed by atoms with van der Waals surface area (Å²) in [7, 11) is 0. The lowest BCUT2D eigenvalue weighted by molar-refractivity contribution is 0.0665. The molecule has 1 saturated heterocycles. The van der Waals surface area contributed by atoms with Crippen molar-refractivity contribution in [1.29, 1.82) is 5.41 Å². The Morgan fingerprint density at radius 2 is 1.91 bits per heavy atom. The van der Waals surface area contributed by atoms with Gasteiger partial charge in [-0.05, 0) is 12.8 Å². The molecule has 3 heteroatoms. The standard InChI is InChI=1S/C8H14N2O/c9-8(7-1-2-7)10-3-5-11-6-4-10/h7,9H,1-6H2. The third-order valence-corrected chi connectivity index (χ3v) is 2.32. The van der Waals surface area contributed by atoms with E-state index in [1.165, 1.54) is 12.8 Å². The van der Waals surface area contributed by atoms with Crippen LogP contribution in [-0.4, -0.2) is 37.0 Å². The molecule has 0 aromatic carbocycles. The quantitative estimate of drug-likeness (QED) is 0.446. The van der Waals surface area contributed by atoms with Crippen molar-refractivity contribution >= 4 is 5.84 Å². The number of morpholine rings is 1. The van der Waals surface area contributed by atoms with Crippen molar-refractivity contribution in [2.24, 2.45) is 5.92 Å². The lowest BCUT2D eigenvalue weighted by atomic mass is 10.3. The molecule has 1 saturated carbocycles. The van der Waals surface area contributed by atoms with E-state index in [4.69, 9.17) is 10.1 Å². The van der Waals surface area contributed by atoms with Gasteiger partial charge in [0, 0.05) is 19.0 Å². The summed E-state index contributed by atoms with van der Waals surface area (Å²) in [6.07, 6.45) is 2.46. The van der Waals surface area contributed by atoms with Gasteiger partial charge in [-0.15, -0.1) is 0 Å². The molecule has 62 valence electrons. The molecule has 0 radical (unpaired) electrons. The Bertz CT molecular complexity index is 159. The molecule has 2 aliphatic rings. The van der Waals surface area contributed by atoms with Crippen LogP contribution in [0.1, 0.15) is 12.8 Å². The van der Waals surface area contributed by atoms with Crippen molar-refractivity contribution in [3.8, 4) is 0 Å². The molecule has 0 atom stereocenters. The first kappa shape index (κ1) is 7.10. The Labute approximate surface area is 66.8 Å². The highest BCUT2D eigenvalue weighted by atomic mass is 16.5. The summed E-state index contributed by atoms with van der Waals surface area (Å²) in [6.45, 7) is 3.45. The molecule has 11 heavy (non-hydrogen) atoms. The first-order valence-electron chi connectivity index (χ1n) is 4.29. The van der Waals surface area contributed by atoms with Crippen molar-refractivity contribution in [2.75, 3.05) is 26.3 Å². The number of hydrogen-bond donors (Lipinski definition) is 1. The van der Waals surface area contributed by atoms with Crippen LogP contribution in [0.5, 0.6) is 0 Å². The smallest absolute Gasteiger partial charge is 0.0991 e. The van der Waals surface area contributed by atoms with Crippen molar-refractivity contribution < 1.29 is 4.74 Å². The van der Waals surface area contributed by atoms with E-state index < -0.39 is 0 Å². The van der Waals surface area contributed by atoms with Crippen LogP contribution in [0.25, 0.3) is 0 Å². The molecule has 0 aromatic heterocycles. The predicted octanol–water partition coefficient (Wildman–Crippen LogP) is 0.706. The number of ether oxygens (including phenoxy) is 1. The molecule has 0 unspecified atom stereocenters. The molecule has 0 amide bonds. The maximum Gasteiger partial charge on any atom is 0.0991 e. The highest BCUT2D eigenvalue weighted by Gasteiger charge is 2.30. The molecule has 1 aliphatic carbocycles. The molecule has 1 heterocycles. The lowest BCUT2D eigenvalue weighted by Crippen LogP contribution is -2.41. The van der Waals surface area contributed by atoms with Crippen LogP contribution in [-0.2, 0) is 4.74 Å². The number of rotatable bonds is 1. The van der Waals surface area contributed by atoms with Crippen LogP contribution in [0.15, 0.2) is 0 Å². The van der Waals surface area contributed by atoms with Crippen LogP contribution in [0.4, 0.5) is 0 Å². The summed E-state index contributed by atoms with van der Waals surface area (Å²) in [5.41, 5.74) is 0. The molecule has 1 N–H and O–H groups in total. The summed E-state index contributed by atoms with van der Waals surface area (Å²) in [4.78, 5) is 2.15. The van der Waals surface area contributed by atoms with E-state index in [2.05, 4.69) is 4.90 Å². The van der Waals surface area contributed by atoms with Crippen molar-refractivity contribution in [3.05, 3.63) is 0 Å². The fraction of sp³-hybridized carbons (Fsp3) is 0.875. The predicted molar refractivity (Wildman–Crippen MR) is 42.8 cm³/mol. The first-order chi connectivity index (χ1) is 5.38. The van der Waals surface area contributed by atoms with Gasteiger partial charge in [0.1, 0.15) is 0 Å². The van der Waals surface area contributed by atoms with Crippen LogP contribution in [0, 0.1) is 11.3 Å². The van der Waals surface area contributed by atoms with Gasteiger partial charge in [0.25, 0.3) is 0 Å². The van der Waals surface area contributed by atoms with E-state index in [0.717, 1.165) is 32.1 Å². The van der Waals surface area contributed by atoms with Gasteiger partial charge in [0.2, 0.25) is 0 Å². The normalized spacial score (nSPS) is 25.3. The highest BCUT2D eigenvalue weighted by Crippen LogP contribution is 2.31. The number of nitrogens with zero attached hydrogens (tertiary/aromatic N) is 1. The average molecular weight is 154 g/mol. The Morgan fingerprint density at radius 3 is 2.45 bits per heavy atom. The zero-order valence-corrected chi connectivity index (χ0v) is 6.68. The maximum absolute atomic E-state index is 7.77. The summed E-state index contributed by atoms with van der Waals surface area (Å²) in [5, 5.41) is 7.77. The second kappa shape index (κ2) is 2.81. The van der Waals surface area contributed by atoms with Gasteiger partial charge < -0.3 is 9.64 Å². The second-order valence-corrected chi connectivity index (χ2v) is 3.26. The molecular formula is C8H14N2O. The Balaban J connectivity index is 1.86. The average Bonchev–Trinajstić information content (AvgIpc) is 2.87. The maximum atomic E-state index is 7.77. The van der Waals surface area contributed by atoms with Gasteiger partial charge >= 0.3 is 0 Å². The van der Waals surface area contributed by atoms with E-state index in [-0.39, 0.29) is 0 Å². The lowest BCUT2D eigenvalue weighted by Gasteiger charge is -2.28. The van der Waals surface area contributed by atoms with Gasteiger partial charge in [-0.25, -0.2) is 0 Å². The minimum atomic E-state index is 0.591. The highest BCUT2D eigenvalue weighted by molar-refractivity contribution is 5.83. The van der Waals surface area contributed by atoms with Crippen LogP contribution in [0.3, 0.4) is 0 Å². The van der Waals surface area contributed by atoms with Crippen molar-refractivity contribution in [3.63, 3.8) is 0 Å². The van der Waals surface area contributed by atoms with Gasteiger partial charge in [0.05, 0.1) is 19.0 Å². The summed E-state index contributed by atoms with van der Waals surface area (Å²) < 4.78 is 5.21. The van der Waals surface area contributed by atoms with Crippen molar-refractivity contribution in [1.82, 2.24) is 4.90 Å². The minimum absolute atomic E-state index is 0.591. The first-order valence-corrected chi connectivity index (χ1v) is 4.29. The molecule has 3 nitrogen and oxygen atoms in total. The fourth-order valence-electron chi connectivity index (χ4n) is 1.42. The van der Waals surface area contributed by atoms with E-state index in [0.29, 0.717) is 5.92 Å². The van der Waals surface area contributed by atoms with Crippen LogP contribution < -0.4 is 0 Å². The fourth-order valence-corrected chi connectivity index (χ4v) is 1.42. The SMILES string of the molecule is N=C(C1CC1)N1CCOCC1. The molecule has 2 rings (SSSR count). The summed E-state index contributed by atoms with van der Waals surface area (Å²) >= 11 is 0. The second-order valence-electron chi connectivity index (χ2n) is 3.26. The van der Waals surface area contributed by atoms with E-state index in [1.807, 2.05) is 0 Å². The minimum Gasteiger partial charge on any atom is -0.378 e. The van der Waals surface area contributed by atoms with Crippen molar-refractivity contribution in [2.45, 2.75) is 12.8 Å². The van der Waals surface area contributed by atoms with Gasteiger partial charge in [0.15, 0.2) is 0 Å². The van der Waals surface area contributed by atoms with Crippen LogP contribution in [0.2, 0.25) is 0 Å². The largest absolute Gasteiger partial charge is 0.378 e. The van der Waals surface area contributed by atoms with Gasteiger partial charge in [-0.2, -0.15) is 0 Å². The molecular weight excluding hydrogens is 140 g/mol. The van der Waals surface area contributed by atoms with E-state index in [9.17, 15) is 0 Å². The molecule has 1 aliphatic heterocycles. The third kappa shape index (κ3) is 1.53. The number of amidine groups is 1. The summed E-state index contributed by atoms with van der Waals surface area (Å²) in [5.74, 6) is 1.45. The molecule has 0 spiro atoms. The zero-order valence-electron chi connectivity index (χ0n) is 6.68. The molecule has 0 bridgehead atoms. The monoisotopic (exact) mass is 154 g/mol. The third-order valence-electron chi connectivity index (χ3n) is 2.32. The zero-order chi connectivity index (χ0) is 7.68. The van der Waals surface area contributed by atoms with Gasteiger partial charge in [-0.1, -0.05) is 0 Å². The number of nitrogens with one attached hydrogen (secondary N) is 1. The number of hydrogen-bond acceptors (Lipinski definition) is 2. The Kier molecular flexibility index (Phi) is 1.82. The Hall–Kier alpha value is -0.570. The summed E-state index contributed by atoms with van der Waals surface area (Å²) in [6, 6.07) is 0. The van der Waals surface area contributed by atoms with Crippen LogP contribution >= 0.6 is 0 Å². The topological polar surface area (TPSA) is 36.3 Å². The van der Waals surface area contributed by atoms with Gasteiger partial charge in [-0.3, -0.25) is 5.41 Å². The Morgan fingerprint density at radius 1 is 1.27 bits per heavy atom.